The minimum absolute atomic E-state index is 0.475. The van der Waals surface area contributed by atoms with Crippen molar-refractivity contribution < 1.29 is 14.6 Å². The summed E-state index contributed by atoms with van der Waals surface area (Å²) in [6.07, 6.45) is 0. The first kappa shape index (κ1) is 12.6. The fraction of sp³-hybridized carbons (Fsp3) is 0.500. The maximum absolute atomic E-state index is 9.59. The van der Waals surface area contributed by atoms with Gasteiger partial charge < -0.3 is 19.9 Å². The third kappa shape index (κ3) is 3.62. The standard InChI is InChI=1S/C12H19NO3/c1-12(2,14)8-13-9-5-6-10(15-3)11(7-9)16-4/h5-7,13-14H,8H2,1-4H3. The molecular weight excluding hydrogens is 206 g/mol. The number of aliphatic hydroxyl groups is 1. The van der Waals surface area contributed by atoms with E-state index in [9.17, 15) is 5.11 Å². The molecule has 1 aromatic carbocycles. The molecule has 0 unspecified atom stereocenters. The molecule has 16 heavy (non-hydrogen) atoms. The highest BCUT2D eigenvalue weighted by Crippen LogP contribution is 2.29. The Morgan fingerprint density at radius 3 is 2.31 bits per heavy atom. The second-order valence-electron chi connectivity index (χ2n) is 4.24. The topological polar surface area (TPSA) is 50.7 Å². The minimum Gasteiger partial charge on any atom is -0.493 e. The molecule has 0 aliphatic carbocycles. The molecule has 90 valence electrons. The molecule has 0 spiro atoms. The Balaban J connectivity index is 2.75. The molecule has 0 radical (unpaired) electrons. The first-order chi connectivity index (χ1) is 7.46. The van der Waals surface area contributed by atoms with Crippen LogP contribution in [0.2, 0.25) is 0 Å². The highest BCUT2D eigenvalue weighted by Gasteiger charge is 2.12. The van der Waals surface area contributed by atoms with Gasteiger partial charge in [0.05, 0.1) is 19.8 Å². The monoisotopic (exact) mass is 225 g/mol. The van der Waals surface area contributed by atoms with E-state index in [1.165, 1.54) is 0 Å². The Kier molecular flexibility index (Phi) is 4.01. The van der Waals surface area contributed by atoms with Crippen LogP contribution in [0.4, 0.5) is 5.69 Å². The van der Waals surface area contributed by atoms with Gasteiger partial charge in [-0.3, -0.25) is 0 Å². The van der Waals surface area contributed by atoms with Crippen LogP contribution in [0.15, 0.2) is 18.2 Å². The van der Waals surface area contributed by atoms with Gasteiger partial charge in [-0.25, -0.2) is 0 Å². The van der Waals surface area contributed by atoms with E-state index in [1.54, 1.807) is 28.1 Å². The number of hydrogen-bond donors (Lipinski definition) is 2. The number of benzene rings is 1. The summed E-state index contributed by atoms with van der Waals surface area (Å²) >= 11 is 0. The summed E-state index contributed by atoms with van der Waals surface area (Å²) in [6, 6.07) is 5.54. The summed E-state index contributed by atoms with van der Waals surface area (Å²) in [4.78, 5) is 0. The van der Waals surface area contributed by atoms with E-state index in [4.69, 9.17) is 9.47 Å². The predicted molar refractivity (Wildman–Crippen MR) is 64.3 cm³/mol. The van der Waals surface area contributed by atoms with Crippen molar-refractivity contribution in [2.75, 3.05) is 26.1 Å². The first-order valence-electron chi connectivity index (χ1n) is 5.14. The molecule has 0 saturated carbocycles. The van der Waals surface area contributed by atoms with Crippen LogP contribution in [-0.2, 0) is 0 Å². The van der Waals surface area contributed by atoms with E-state index < -0.39 is 5.60 Å². The van der Waals surface area contributed by atoms with Crippen molar-refractivity contribution in [2.24, 2.45) is 0 Å². The molecule has 1 rings (SSSR count). The van der Waals surface area contributed by atoms with Gasteiger partial charge in [-0.15, -0.1) is 0 Å². The fourth-order valence-corrected chi connectivity index (χ4v) is 1.26. The second kappa shape index (κ2) is 5.07. The van der Waals surface area contributed by atoms with Crippen molar-refractivity contribution in [1.82, 2.24) is 0 Å². The molecule has 4 heteroatoms. The summed E-state index contributed by atoms with van der Waals surface area (Å²) < 4.78 is 10.3. The first-order valence-corrected chi connectivity index (χ1v) is 5.14. The smallest absolute Gasteiger partial charge is 0.162 e. The van der Waals surface area contributed by atoms with Crippen molar-refractivity contribution >= 4 is 5.69 Å². The van der Waals surface area contributed by atoms with E-state index in [0.717, 1.165) is 5.69 Å². The Hall–Kier alpha value is -1.42. The lowest BCUT2D eigenvalue weighted by Gasteiger charge is -2.19. The van der Waals surface area contributed by atoms with Gasteiger partial charge in [-0.05, 0) is 26.0 Å². The maximum atomic E-state index is 9.59. The Morgan fingerprint density at radius 1 is 1.19 bits per heavy atom. The van der Waals surface area contributed by atoms with Gasteiger partial charge in [-0.2, -0.15) is 0 Å². The SMILES string of the molecule is COc1ccc(NCC(C)(C)O)cc1OC. The molecule has 0 aliphatic rings. The normalized spacial score (nSPS) is 11.1. The molecule has 1 aromatic rings. The van der Waals surface area contributed by atoms with Crippen LogP contribution in [0.25, 0.3) is 0 Å². The summed E-state index contributed by atoms with van der Waals surface area (Å²) in [5, 5.41) is 12.7. The molecule has 0 heterocycles. The molecule has 0 saturated heterocycles. The number of rotatable bonds is 5. The summed E-state index contributed by atoms with van der Waals surface area (Å²) in [5.74, 6) is 1.36. The molecule has 0 atom stereocenters. The molecule has 0 aliphatic heterocycles. The van der Waals surface area contributed by atoms with Crippen molar-refractivity contribution in [3.63, 3.8) is 0 Å². The van der Waals surface area contributed by atoms with Crippen LogP contribution in [0.1, 0.15) is 13.8 Å². The Morgan fingerprint density at radius 2 is 1.81 bits per heavy atom. The van der Waals surface area contributed by atoms with Crippen LogP contribution in [0.3, 0.4) is 0 Å². The van der Waals surface area contributed by atoms with Gasteiger partial charge in [0, 0.05) is 18.3 Å². The van der Waals surface area contributed by atoms with E-state index in [0.29, 0.717) is 18.0 Å². The second-order valence-corrected chi connectivity index (χ2v) is 4.24. The molecule has 0 fully saturated rings. The van der Waals surface area contributed by atoms with E-state index in [1.807, 2.05) is 18.2 Å². The van der Waals surface area contributed by atoms with Crippen molar-refractivity contribution in [3.05, 3.63) is 18.2 Å². The quantitative estimate of drug-likeness (QED) is 0.803. The van der Waals surface area contributed by atoms with E-state index in [2.05, 4.69) is 5.32 Å². The van der Waals surface area contributed by atoms with Gasteiger partial charge in [0.25, 0.3) is 0 Å². The lowest BCUT2D eigenvalue weighted by molar-refractivity contribution is 0.0945. The van der Waals surface area contributed by atoms with E-state index >= 15 is 0 Å². The number of hydrogen-bond acceptors (Lipinski definition) is 4. The lowest BCUT2D eigenvalue weighted by atomic mass is 10.1. The summed E-state index contributed by atoms with van der Waals surface area (Å²) in [7, 11) is 3.19. The highest BCUT2D eigenvalue weighted by atomic mass is 16.5. The summed E-state index contributed by atoms with van der Waals surface area (Å²) in [5.41, 5.74) is 0.146. The van der Waals surface area contributed by atoms with Crippen molar-refractivity contribution in [3.8, 4) is 11.5 Å². The van der Waals surface area contributed by atoms with Gasteiger partial charge in [0.2, 0.25) is 0 Å². The Bertz CT molecular complexity index is 345. The third-order valence-electron chi connectivity index (χ3n) is 2.11. The largest absolute Gasteiger partial charge is 0.493 e. The predicted octanol–water partition coefficient (Wildman–Crippen LogP) is 1.89. The average molecular weight is 225 g/mol. The number of anilines is 1. The molecule has 4 nitrogen and oxygen atoms in total. The third-order valence-corrected chi connectivity index (χ3v) is 2.11. The lowest BCUT2D eigenvalue weighted by Crippen LogP contribution is -2.29. The minimum atomic E-state index is -0.743. The fourth-order valence-electron chi connectivity index (χ4n) is 1.26. The van der Waals surface area contributed by atoms with E-state index in [-0.39, 0.29) is 0 Å². The van der Waals surface area contributed by atoms with Crippen molar-refractivity contribution in [2.45, 2.75) is 19.4 Å². The van der Waals surface area contributed by atoms with Gasteiger partial charge >= 0.3 is 0 Å². The zero-order valence-corrected chi connectivity index (χ0v) is 10.2. The van der Waals surface area contributed by atoms with Crippen LogP contribution in [0, 0.1) is 0 Å². The van der Waals surface area contributed by atoms with Crippen LogP contribution in [0.5, 0.6) is 11.5 Å². The molecule has 0 aromatic heterocycles. The molecular formula is C12H19NO3. The van der Waals surface area contributed by atoms with Gasteiger partial charge in [-0.1, -0.05) is 0 Å². The zero-order valence-electron chi connectivity index (χ0n) is 10.2. The number of nitrogens with one attached hydrogen (secondary N) is 1. The van der Waals surface area contributed by atoms with Crippen LogP contribution < -0.4 is 14.8 Å². The zero-order chi connectivity index (χ0) is 12.2. The number of methoxy groups -OCH3 is 2. The Labute approximate surface area is 96.2 Å². The van der Waals surface area contributed by atoms with Crippen LogP contribution in [-0.4, -0.2) is 31.5 Å². The summed E-state index contributed by atoms with van der Waals surface area (Å²) in [6.45, 7) is 3.98. The van der Waals surface area contributed by atoms with Crippen molar-refractivity contribution in [1.29, 1.82) is 0 Å². The highest BCUT2D eigenvalue weighted by molar-refractivity contribution is 5.54. The molecule has 0 amide bonds. The maximum Gasteiger partial charge on any atom is 0.162 e. The number of ether oxygens (including phenoxy) is 2. The molecule has 2 N–H and O–H groups in total. The van der Waals surface area contributed by atoms with Gasteiger partial charge in [0.15, 0.2) is 11.5 Å². The molecule has 0 bridgehead atoms. The van der Waals surface area contributed by atoms with Crippen LogP contribution >= 0.6 is 0 Å². The average Bonchev–Trinajstić information content (AvgIpc) is 2.25. The van der Waals surface area contributed by atoms with Gasteiger partial charge in [0.1, 0.15) is 0 Å².